The van der Waals surface area contributed by atoms with Gasteiger partial charge in [0, 0.05) is 39.7 Å². The van der Waals surface area contributed by atoms with Gasteiger partial charge >= 0.3 is 0 Å². The summed E-state index contributed by atoms with van der Waals surface area (Å²) in [6.45, 7) is 4.80. The Morgan fingerprint density at radius 2 is 1.44 bits per heavy atom. The molecule has 2 nitrogen and oxygen atoms in total. The predicted octanol–water partition coefficient (Wildman–Crippen LogP) is 7.95. The zero-order chi connectivity index (χ0) is 22.9. The standard InChI is InChI=1S/C32H28N2/c1-22-20-24(33-29-17-8-6-14-25(29)26-15-7-9-18-30(26)33)21-27-28-16-10-11-19-32(28,2)34(31(22)27)23-12-4-3-5-13-23/h3-19,21-22,28H,20H2,1-2H3. The first-order valence-corrected chi connectivity index (χ1v) is 12.3. The fraction of sp³-hybridized carbons (Fsp3) is 0.188. The molecular weight excluding hydrogens is 412 g/mol. The van der Waals surface area contributed by atoms with Crippen LogP contribution in [0, 0.1) is 11.8 Å². The van der Waals surface area contributed by atoms with Crippen LogP contribution in [-0.2, 0) is 0 Å². The second kappa shape index (κ2) is 7.11. The van der Waals surface area contributed by atoms with Gasteiger partial charge in [-0.15, -0.1) is 0 Å². The SMILES string of the molecule is CC1CC(n2c3ccccc3c3ccccc32)=CC2=C1N(c1ccccc1)C1(C)C=CC=CC21. The number of para-hydroxylation sites is 3. The quantitative estimate of drug-likeness (QED) is 0.307. The van der Waals surface area contributed by atoms with Crippen LogP contribution in [0.2, 0.25) is 0 Å². The van der Waals surface area contributed by atoms with Gasteiger partial charge in [0.2, 0.25) is 0 Å². The first-order chi connectivity index (χ1) is 16.7. The van der Waals surface area contributed by atoms with Crippen LogP contribution in [-0.4, -0.2) is 10.1 Å². The van der Waals surface area contributed by atoms with Crippen LogP contribution < -0.4 is 4.90 Å². The molecule has 3 unspecified atom stereocenters. The van der Waals surface area contributed by atoms with Crippen molar-refractivity contribution >= 4 is 33.2 Å². The molecule has 0 saturated heterocycles. The number of allylic oxidation sites excluding steroid dienone is 5. The van der Waals surface area contributed by atoms with Crippen LogP contribution in [0.5, 0.6) is 0 Å². The summed E-state index contributed by atoms with van der Waals surface area (Å²) in [7, 11) is 0. The van der Waals surface area contributed by atoms with Gasteiger partial charge in [0.1, 0.15) is 0 Å². The molecule has 2 aliphatic carbocycles. The van der Waals surface area contributed by atoms with Crippen molar-refractivity contribution < 1.29 is 0 Å². The highest BCUT2D eigenvalue weighted by Gasteiger charge is 2.50. The highest BCUT2D eigenvalue weighted by molar-refractivity contribution is 6.10. The molecule has 1 aromatic heterocycles. The molecule has 4 aromatic rings. The number of fused-ring (bicyclic) bond motifs is 5. The molecule has 0 amide bonds. The van der Waals surface area contributed by atoms with Crippen molar-refractivity contribution in [3.8, 4) is 0 Å². The Bertz CT molecular complexity index is 1510. The Kier molecular flexibility index (Phi) is 4.11. The molecule has 1 aliphatic heterocycles. The molecule has 2 heterocycles. The molecule has 3 aliphatic rings. The van der Waals surface area contributed by atoms with Gasteiger partial charge in [-0.3, -0.25) is 0 Å². The average molecular weight is 441 g/mol. The maximum absolute atomic E-state index is 2.61. The van der Waals surface area contributed by atoms with Crippen LogP contribution in [0.1, 0.15) is 20.3 Å². The minimum Gasteiger partial charge on any atom is -0.334 e. The Morgan fingerprint density at radius 3 is 2.15 bits per heavy atom. The van der Waals surface area contributed by atoms with Gasteiger partial charge in [-0.2, -0.15) is 0 Å². The van der Waals surface area contributed by atoms with E-state index in [0.29, 0.717) is 11.8 Å². The summed E-state index contributed by atoms with van der Waals surface area (Å²) in [6, 6.07) is 28.6. The number of nitrogens with zero attached hydrogens (tertiary/aromatic N) is 2. The molecule has 166 valence electrons. The molecule has 0 radical (unpaired) electrons. The van der Waals surface area contributed by atoms with Crippen LogP contribution in [0.25, 0.3) is 27.5 Å². The van der Waals surface area contributed by atoms with E-state index >= 15 is 0 Å². The third kappa shape index (κ3) is 2.57. The molecule has 7 rings (SSSR count). The molecule has 0 bridgehead atoms. The van der Waals surface area contributed by atoms with Crippen molar-refractivity contribution in [2.24, 2.45) is 11.8 Å². The lowest BCUT2D eigenvalue weighted by Gasteiger charge is -2.42. The van der Waals surface area contributed by atoms with Crippen LogP contribution >= 0.6 is 0 Å². The van der Waals surface area contributed by atoms with Gasteiger partial charge in [-0.1, -0.05) is 85.8 Å². The second-order valence-corrected chi connectivity index (χ2v) is 10.1. The number of rotatable bonds is 2. The molecule has 0 fully saturated rings. The van der Waals surface area contributed by atoms with Crippen molar-refractivity contribution in [2.75, 3.05) is 4.90 Å². The second-order valence-electron chi connectivity index (χ2n) is 10.1. The van der Waals surface area contributed by atoms with E-state index in [0.717, 1.165) is 6.42 Å². The van der Waals surface area contributed by atoms with Crippen molar-refractivity contribution in [3.05, 3.63) is 121 Å². The maximum atomic E-state index is 2.61. The van der Waals surface area contributed by atoms with E-state index in [1.54, 1.807) is 0 Å². The monoisotopic (exact) mass is 440 g/mol. The van der Waals surface area contributed by atoms with Crippen molar-refractivity contribution in [1.82, 2.24) is 4.57 Å². The van der Waals surface area contributed by atoms with E-state index in [-0.39, 0.29) is 5.54 Å². The van der Waals surface area contributed by atoms with Crippen molar-refractivity contribution in [2.45, 2.75) is 25.8 Å². The molecule has 0 N–H and O–H groups in total. The third-order valence-corrected chi connectivity index (χ3v) is 8.02. The molecule has 3 atom stereocenters. The maximum Gasteiger partial charge on any atom is 0.0709 e. The first-order valence-electron chi connectivity index (χ1n) is 12.3. The summed E-state index contributed by atoms with van der Waals surface area (Å²) < 4.78 is 2.51. The number of aromatic nitrogens is 1. The Balaban J connectivity index is 1.49. The number of hydrogen-bond donors (Lipinski definition) is 0. The Hall–Kier alpha value is -3.78. The fourth-order valence-electron chi connectivity index (χ4n) is 6.60. The highest BCUT2D eigenvalue weighted by atomic mass is 15.2. The van der Waals surface area contributed by atoms with Gasteiger partial charge in [-0.25, -0.2) is 0 Å². The lowest BCUT2D eigenvalue weighted by molar-refractivity contribution is 0.488. The predicted molar refractivity (Wildman–Crippen MR) is 144 cm³/mol. The van der Waals surface area contributed by atoms with Crippen molar-refractivity contribution in [1.29, 1.82) is 0 Å². The average Bonchev–Trinajstić information content (AvgIpc) is 3.34. The molecule has 3 aromatic carbocycles. The molecular formula is C32H28N2. The van der Waals surface area contributed by atoms with E-state index in [1.807, 2.05) is 0 Å². The normalized spacial score (nSPS) is 25.7. The smallest absolute Gasteiger partial charge is 0.0709 e. The third-order valence-electron chi connectivity index (χ3n) is 8.02. The molecule has 0 spiro atoms. The number of anilines is 1. The summed E-state index contributed by atoms with van der Waals surface area (Å²) in [5.74, 6) is 0.748. The van der Waals surface area contributed by atoms with Gasteiger partial charge in [0.25, 0.3) is 0 Å². The molecule has 2 heteroatoms. The number of benzene rings is 3. The summed E-state index contributed by atoms with van der Waals surface area (Å²) in [5, 5.41) is 2.66. The zero-order valence-corrected chi connectivity index (χ0v) is 19.6. The van der Waals surface area contributed by atoms with E-state index < -0.39 is 0 Å². The van der Waals surface area contributed by atoms with E-state index in [2.05, 4.69) is 133 Å². The summed E-state index contributed by atoms with van der Waals surface area (Å²) >= 11 is 0. The van der Waals surface area contributed by atoms with E-state index in [4.69, 9.17) is 0 Å². The Morgan fingerprint density at radius 1 is 0.794 bits per heavy atom. The minimum absolute atomic E-state index is 0.0954. The summed E-state index contributed by atoms with van der Waals surface area (Å²) in [5.41, 5.74) is 8.10. The van der Waals surface area contributed by atoms with Gasteiger partial charge in [0.15, 0.2) is 0 Å². The molecule has 0 saturated carbocycles. The lowest BCUT2D eigenvalue weighted by atomic mass is 9.78. The van der Waals surface area contributed by atoms with E-state index in [9.17, 15) is 0 Å². The van der Waals surface area contributed by atoms with Gasteiger partial charge < -0.3 is 9.47 Å². The van der Waals surface area contributed by atoms with Crippen LogP contribution in [0.15, 0.2) is 121 Å². The largest absolute Gasteiger partial charge is 0.334 e. The van der Waals surface area contributed by atoms with Gasteiger partial charge in [-0.05, 0) is 49.3 Å². The minimum atomic E-state index is -0.0954. The van der Waals surface area contributed by atoms with Gasteiger partial charge in [0.05, 0.1) is 16.6 Å². The molecule has 34 heavy (non-hydrogen) atoms. The number of hydrogen-bond acceptors (Lipinski definition) is 1. The zero-order valence-electron chi connectivity index (χ0n) is 19.6. The van der Waals surface area contributed by atoms with Crippen LogP contribution in [0.3, 0.4) is 0 Å². The van der Waals surface area contributed by atoms with Crippen LogP contribution in [0.4, 0.5) is 5.69 Å². The summed E-state index contributed by atoms with van der Waals surface area (Å²) in [4.78, 5) is 2.61. The Labute approximate surface area is 200 Å². The van der Waals surface area contributed by atoms with Crippen molar-refractivity contribution in [3.63, 3.8) is 0 Å². The first kappa shape index (κ1) is 19.7. The fourth-order valence-corrected chi connectivity index (χ4v) is 6.60. The lowest BCUT2D eigenvalue weighted by Crippen LogP contribution is -2.46. The topological polar surface area (TPSA) is 8.17 Å². The highest BCUT2D eigenvalue weighted by Crippen LogP contribution is 2.53. The summed E-state index contributed by atoms with van der Waals surface area (Å²) in [6.07, 6.45) is 12.7. The van der Waals surface area contributed by atoms with E-state index in [1.165, 1.54) is 44.5 Å².